The number of alkyl halides is 1. The Balaban J connectivity index is 2.16. The molecule has 0 amide bonds. The van der Waals surface area contributed by atoms with Crippen LogP contribution in [-0.4, -0.2) is 19.1 Å². The Hall–Kier alpha value is -0.730. The molecule has 1 aliphatic heterocycles. The van der Waals surface area contributed by atoms with Crippen LogP contribution in [0.25, 0.3) is 0 Å². The third-order valence-electron chi connectivity index (χ3n) is 2.46. The van der Waals surface area contributed by atoms with Crippen molar-refractivity contribution in [3.63, 3.8) is 0 Å². The zero-order valence-corrected chi connectivity index (χ0v) is 8.83. The van der Waals surface area contributed by atoms with Crippen LogP contribution >= 0.6 is 11.6 Å². The van der Waals surface area contributed by atoms with Crippen molar-refractivity contribution < 1.29 is 9.47 Å². The lowest BCUT2D eigenvalue weighted by molar-refractivity contribution is 0.113. The van der Waals surface area contributed by atoms with E-state index in [2.05, 4.69) is 0 Å². The zero-order chi connectivity index (χ0) is 9.97. The number of rotatable bonds is 2. The average molecular weight is 213 g/mol. The van der Waals surface area contributed by atoms with Crippen molar-refractivity contribution in [1.82, 2.24) is 0 Å². The fourth-order valence-electron chi connectivity index (χ4n) is 1.66. The molecule has 1 fully saturated rings. The van der Waals surface area contributed by atoms with Crippen molar-refractivity contribution in [2.75, 3.05) is 13.7 Å². The lowest BCUT2D eigenvalue weighted by atomic mass is 10.1. The molecule has 0 aliphatic carbocycles. The number of hydrogen-bond acceptors (Lipinski definition) is 2. The summed E-state index contributed by atoms with van der Waals surface area (Å²) in [7, 11) is 1.66. The Kier molecular flexibility index (Phi) is 2.94. The first-order chi connectivity index (χ1) is 6.81. The minimum absolute atomic E-state index is 0.0440. The molecule has 0 bridgehead atoms. The molecule has 14 heavy (non-hydrogen) atoms. The van der Waals surface area contributed by atoms with Gasteiger partial charge in [0.05, 0.1) is 18.6 Å². The summed E-state index contributed by atoms with van der Waals surface area (Å²) in [6, 6.07) is 7.87. The van der Waals surface area contributed by atoms with E-state index in [1.54, 1.807) is 7.11 Å². The van der Waals surface area contributed by atoms with Gasteiger partial charge in [-0.1, -0.05) is 12.1 Å². The van der Waals surface area contributed by atoms with Crippen LogP contribution in [0.2, 0.25) is 0 Å². The summed E-state index contributed by atoms with van der Waals surface area (Å²) in [5.41, 5.74) is 1.13. The van der Waals surface area contributed by atoms with Crippen LogP contribution < -0.4 is 4.74 Å². The molecule has 0 N–H and O–H groups in total. The second-order valence-corrected chi connectivity index (χ2v) is 3.93. The number of methoxy groups -OCH3 is 1. The van der Waals surface area contributed by atoms with Crippen LogP contribution in [0.5, 0.6) is 5.75 Å². The molecular weight excluding hydrogens is 200 g/mol. The third-order valence-corrected chi connectivity index (χ3v) is 2.91. The zero-order valence-electron chi connectivity index (χ0n) is 8.07. The first-order valence-electron chi connectivity index (χ1n) is 4.71. The summed E-state index contributed by atoms with van der Waals surface area (Å²) in [6.07, 6.45) is 0.973. The van der Waals surface area contributed by atoms with Crippen molar-refractivity contribution >= 4 is 11.6 Å². The summed E-state index contributed by atoms with van der Waals surface area (Å²) in [4.78, 5) is 0. The fraction of sp³-hybridized carbons (Fsp3) is 0.455. The second-order valence-electron chi connectivity index (χ2n) is 3.37. The topological polar surface area (TPSA) is 18.5 Å². The summed E-state index contributed by atoms with van der Waals surface area (Å²) in [5, 5.41) is 0.100. The van der Waals surface area contributed by atoms with E-state index < -0.39 is 0 Å². The van der Waals surface area contributed by atoms with Crippen LogP contribution in [0.4, 0.5) is 0 Å². The number of benzene rings is 1. The Morgan fingerprint density at radius 1 is 1.36 bits per heavy atom. The van der Waals surface area contributed by atoms with Crippen molar-refractivity contribution in [3.05, 3.63) is 29.8 Å². The third kappa shape index (κ3) is 1.86. The predicted molar refractivity (Wildman–Crippen MR) is 55.9 cm³/mol. The molecule has 0 spiro atoms. The first-order valence-corrected chi connectivity index (χ1v) is 5.14. The lowest BCUT2D eigenvalue weighted by Gasteiger charge is -2.13. The Morgan fingerprint density at radius 2 is 2.07 bits per heavy atom. The molecule has 2 nitrogen and oxygen atoms in total. The predicted octanol–water partition coefficient (Wildman–Crippen LogP) is 2.76. The van der Waals surface area contributed by atoms with Gasteiger partial charge < -0.3 is 9.47 Å². The van der Waals surface area contributed by atoms with Gasteiger partial charge in [-0.15, -0.1) is 11.6 Å². The highest BCUT2D eigenvalue weighted by Gasteiger charge is 2.27. The Labute approximate surface area is 88.8 Å². The molecule has 2 unspecified atom stereocenters. The van der Waals surface area contributed by atoms with E-state index >= 15 is 0 Å². The van der Waals surface area contributed by atoms with E-state index in [9.17, 15) is 0 Å². The largest absolute Gasteiger partial charge is 0.497 e. The molecule has 1 aliphatic rings. The van der Waals surface area contributed by atoms with Gasteiger partial charge >= 0.3 is 0 Å². The molecule has 1 heterocycles. The minimum atomic E-state index is 0.0440. The quantitative estimate of drug-likeness (QED) is 0.702. The number of ether oxygens (including phenoxy) is 2. The average Bonchev–Trinajstić information content (AvgIpc) is 2.65. The SMILES string of the molecule is COc1ccc(C2OCCC2Cl)cc1. The van der Waals surface area contributed by atoms with Gasteiger partial charge in [0.1, 0.15) is 5.75 Å². The van der Waals surface area contributed by atoms with Gasteiger partial charge in [0.25, 0.3) is 0 Å². The molecule has 2 rings (SSSR count). The first kappa shape index (κ1) is 9.81. The second kappa shape index (κ2) is 4.20. The molecular formula is C11H13ClO2. The molecule has 0 aromatic heterocycles. The Morgan fingerprint density at radius 3 is 2.57 bits per heavy atom. The highest BCUT2D eigenvalue weighted by atomic mass is 35.5. The Bertz CT molecular complexity index is 297. The maximum Gasteiger partial charge on any atom is 0.118 e. The van der Waals surface area contributed by atoms with Crippen LogP contribution in [0.15, 0.2) is 24.3 Å². The van der Waals surface area contributed by atoms with Gasteiger partial charge in [-0.25, -0.2) is 0 Å². The molecule has 1 aromatic rings. The summed E-state index contributed by atoms with van der Waals surface area (Å²) < 4.78 is 10.6. The van der Waals surface area contributed by atoms with Gasteiger partial charge in [-0.2, -0.15) is 0 Å². The van der Waals surface area contributed by atoms with Crippen molar-refractivity contribution in [1.29, 1.82) is 0 Å². The van der Waals surface area contributed by atoms with E-state index in [1.165, 1.54) is 0 Å². The minimum Gasteiger partial charge on any atom is -0.497 e. The van der Waals surface area contributed by atoms with Crippen LogP contribution in [-0.2, 0) is 4.74 Å². The number of halogens is 1. The van der Waals surface area contributed by atoms with E-state index in [0.717, 1.165) is 24.3 Å². The molecule has 0 radical (unpaired) electrons. The van der Waals surface area contributed by atoms with Crippen molar-refractivity contribution in [3.8, 4) is 5.75 Å². The van der Waals surface area contributed by atoms with E-state index in [1.807, 2.05) is 24.3 Å². The maximum absolute atomic E-state index is 6.13. The highest BCUT2D eigenvalue weighted by Crippen LogP contribution is 2.33. The summed E-state index contributed by atoms with van der Waals surface area (Å²) >= 11 is 6.13. The molecule has 76 valence electrons. The molecule has 1 saturated heterocycles. The van der Waals surface area contributed by atoms with Gasteiger partial charge in [0, 0.05) is 6.61 Å². The normalized spacial score (nSPS) is 26.4. The molecule has 2 atom stereocenters. The summed E-state index contributed by atoms with van der Waals surface area (Å²) in [6.45, 7) is 0.755. The van der Waals surface area contributed by atoms with E-state index in [0.29, 0.717) is 0 Å². The van der Waals surface area contributed by atoms with Gasteiger partial charge in [-0.05, 0) is 24.1 Å². The van der Waals surface area contributed by atoms with Crippen LogP contribution in [0, 0.1) is 0 Å². The van der Waals surface area contributed by atoms with E-state index in [-0.39, 0.29) is 11.5 Å². The van der Waals surface area contributed by atoms with Crippen molar-refractivity contribution in [2.45, 2.75) is 17.9 Å². The fourth-order valence-corrected chi connectivity index (χ4v) is 1.97. The van der Waals surface area contributed by atoms with Crippen LogP contribution in [0.3, 0.4) is 0 Å². The standard InChI is InChI=1S/C11H13ClO2/c1-13-9-4-2-8(3-5-9)11-10(12)6-7-14-11/h2-5,10-11H,6-7H2,1H3. The monoisotopic (exact) mass is 212 g/mol. The maximum atomic E-state index is 6.13. The molecule has 3 heteroatoms. The van der Waals surface area contributed by atoms with E-state index in [4.69, 9.17) is 21.1 Å². The highest BCUT2D eigenvalue weighted by molar-refractivity contribution is 6.21. The van der Waals surface area contributed by atoms with Crippen molar-refractivity contribution in [2.24, 2.45) is 0 Å². The van der Waals surface area contributed by atoms with Gasteiger partial charge in [-0.3, -0.25) is 0 Å². The summed E-state index contributed by atoms with van der Waals surface area (Å²) in [5.74, 6) is 0.859. The van der Waals surface area contributed by atoms with Gasteiger partial charge in [0.2, 0.25) is 0 Å². The number of hydrogen-bond donors (Lipinski definition) is 0. The smallest absolute Gasteiger partial charge is 0.118 e. The van der Waals surface area contributed by atoms with Gasteiger partial charge in [0.15, 0.2) is 0 Å². The lowest BCUT2D eigenvalue weighted by Crippen LogP contribution is -2.06. The van der Waals surface area contributed by atoms with Crippen LogP contribution in [0.1, 0.15) is 18.1 Å². The molecule has 1 aromatic carbocycles. The molecule has 0 saturated carbocycles.